The molecule has 0 radical (unpaired) electrons. The molecule has 3 rings (SSSR count). The lowest BCUT2D eigenvalue weighted by Gasteiger charge is -2.21. The van der Waals surface area contributed by atoms with Crippen LogP contribution >= 0.6 is 0 Å². The van der Waals surface area contributed by atoms with E-state index in [1.54, 1.807) is 4.90 Å². The van der Waals surface area contributed by atoms with E-state index in [2.05, 4.69) is 10.1 Å². The SMILES string of the molecule is COCC(=O)N1CCCC1c1nc(-c2ccccc2)no1. The second-order valence-corrected chi connectivity index (χ2v) is 5.00. The first-order valence-electron chi connectivity index (χ1n) is 6.97. The smallest absolute Gasteiger partial charge is 0.249 e. The molecule has 6 heteroatoms. The van der Waals surface area contributed by atoms with Crippen molar-refractivity contribution in [3.63, 3.8) is 0 Å². The minimum Gasteiger partial charge on any atom is -0.375 e. The van der Waals surface area contributed by atoms with Crippen molar-refractivity contribution in [2.24, 2.45) is 0 Å². The summed E-state index contributed by atoms with van der Waals surface area (Å²) in [5, 5.41) is 4.02. The number of rotatable bonds is 4. The van der Waals surface area contributed by atoms with Crippen LogP contribution in [0.15, 0.2) is 34.9 Å². The third-order valence-electron chi connectivity index (χ3n) is 3.60. The Morgan fingerprint density at radius 3 is 3.00 bits per heavy atom. The van der Waals surface area contributed by atoms with Crippen LogP contribution in [0.4, 0.5) is 0 Å². The molecule has 1 aromatic heterocycles. The molecule has 0 spiro atoms. The fraction of sp³-hybridized carbons (Fsp3) is 0.400. The van der Waals surface area contributed by atoms with Gasteiger partial charge in [0, 0.05) is 19.2 Å². The van der Waals surface area contributed by atoms with Gasteiger partial charge in [-0.3, -0.25) is 4.79 Å². The van der Waals surface area contributed by atoms with Crippen LogP contribution in [0.2, 0.25) is 0 Å². The van der Waals surface area contributed by atoms with E-state index in [1.165, 1.54) is 7.11 Å². The molecule has 1 aliphatic heterocycles. The Labute approximate surface area is 122 Å². The van der Waals surface area contributed by atoms with E-state index in [0.717, 1.165) is 18.4 Å². The Balaban J connectivity index is 1.81. The Kier molecular flexibility index (Phi) is 3.96. The molecule has 2 heterocycles. The van der Waals surface area contributed by atoms with Crippen LogP contribution in [0.3, 0.4) is 0 Å². The molecule has 6 nitrogen and oxygen atoms in total. The van der Waals surface area contributed by atoms with Crippen molar-refractivity contribution in [3.8, 4) is 11.4 Å². The largest absolute Gasteiger partial charge is 0.375 e. The van der Waals surface area contributed by atoms with E-state index in [0.29, 0.717) is 18.3 Å². The fourth-order valence-corrected chi connectivity index (χ4v) is 2.60. The molecule has 1 aromatic carbocycles. The highest BCUT2D eigenvalue weighted by molar-refractivity contribution is 5.78. The van der Waals surface area contributed by atoms with Crippen molar-refractivity contribution in [3.05, 3.63) is 36.2 Å². The molecule has 0 bridgehead atoms. The van der Waals surface area contributed by atoms with Crippen LogP contribution in [0, 0.1) is 0 Å². The van der Waals surface area contributed by atoms with Crippen LogP contribution < -0.4 is 0 Å². The van der Waals surface area contributed by atoms with Crippen molar-refractivity contribution < 1.29 is 14.1 Å². The molecule has 1 aliphatic rings. The van der Waals surface area contributed by atoms with E-state index in [-0.39, 0.29) is 18.6 Å². The summed E-state index contributed by atoms with van der Waals surface area (Å²) in [6.45, 7) is 0.784. The number of carbonyl (C=O) groups excluding carboxylic acids is 1. The second-order valence-electron chi connectivity index (χ2n) is 5.00. The first-order valence-corrected chi connectivity index (χ1v) is 6.97. The summed E-state index contributed by atoms with van der Waals surface area (Å²) in [7, 11) is 1.52. The number of hydrogen-bond donors (Lipinski definition) is 0. The predicted molar refractivity (Wildman–Crippen MR) is 75.3 cm³/mol. The number of likely N-dealkylation sites (tertiary alicyclic amines) is 1. The maximum absolute atomic E-state index is 12.0. The molecule has 0 N–H and O–H groups in total. The van der Waals surface area contributed by atoms with Gasteiger partial charge in [0.05, 0.1) is 0 Å². The molecule has 1 unspecified atom stereocenters. The van der Waals surface area contributed by atoms with E-state index in [1.807, 2.05) is 30.3 Å². The normalized spacial score (nSPS) is 18.1. The highest BCUT2D eigenvalue weighted by Gasteiger charge is 2.33. The minimum absolute atomic E-state index is 0.0422. The van der Waals surface area contributed by atoms with Crippen molar-refractivity contribution in [2.75, 3.05) is 20.3 Å². The van der Waals surface area contributed by atoms with Crippen LogP contribution in [0.1, 0.15) is 24.8 Å². The van der Waals surface area contributed by atoms with Gasteiger partial charge in [0.1, 0.15) is 12.6 Å². The highest BCUT2D eigenvalue weighted by Crippen LogP contribution is 2.31. The molecule has 1 saturated heterocycles. The summed E-state index contributed by atoms with van der Waals surface area (Å²) in [4.78, 5) is 18.2. The van der Waals surface area contributed by atoms with Gasteiger partial charge in [0.25, 0.3) is 0 Å². The zero-order valence-corrected chi connectivity index (χ0v) is 11.9. The average molecular weight is 287 g/mol. The van der Waals surface area contributed by atoms with E-state index < -0.39 is 0 Å². The van der Waals surface area contributed by atoms with E-state index >= 15 is 0 Å². The monoisotopic (exact) mass is 287 g/mol. The van der Waals surface area contributed by atoms with Gasteiger partial charge in [-0.05, 0) is 12.8 Å². The molecule has 21 heavy (non-hydrogen) atoms. The number of ether oxygens (including phenoxy) is 1. The summed E-state index contributed by atoms with van der Waals surface area (Å²) < 4.78 is 10.3. The number of methoxy groups -OCH3 is 1. The maximum atomic E-state index is 12.0. The summed E-state index contributed by atoms with van der Waals surface area (Å²) in [6, 6.07) is 9.50. The number of benzene rings is 1. The molecule has 0 saturated carbocycles. The zero-order valence-electron chi connectivity index (χ0n) is 11.9. The van der Waals surface area contributed by atoms with Gasteiger partial charge in [-0.25, -0.2) is 0 Å². The maximum Gasteiger partial charge on any atom is 0.249 e. The van der Waals surface area contributed by atoms with Gasteiger partial charge in [0.2, 0.25) is 17.6 Å². The van der Waals surface area contributed by atoms with Crippen molar-refractivity contribution in [2.45, 2.75) is 18.9 Å². The minimum atomic E-state index is -0.141. The highest BCUT2D eigenvalue weighted by atomic mass is 16.5. The first kappa shape index (κ1) is 13.8. The lowest BCUT2D eigenvalue weighted by Crippen LogP contribution is -2.33. The van der Waals surface area contributed by atoms with Crippen LogP contribution in [0.5, 0.6) is 0 Å². The number of aromatic nitrogens is 2. The van der Waals surface area contributed by atoms with Crippen molar-refractivity contribution >= 4 is 5.91 Å². The Morgan fingerprint density at radius 1 is 1.43 bits per heavy atom. The van der Waals surface area contributed by atoms with Crippen molar-refractivity contribution in [1.29, 1.82) is 0 Å². The Morgan fingerprint density at radius 2 is 2.24 bits per heavy atom. The molecule has 0 aliphatic carbocycles. The van der Waals surface area contributed by atoms with Crippen molar-refractivity contribution in [1.82, 2.24) is 15.0 Å². The third-order valence-corrected chi connectivity index (χ3v) is 3.60. The molecule has 1 atom stereocenters. The quantitative estimate of drug-likeness (QED) is 0.860. The summed E-state index contributed by atoms with van der Waals surface area (Å²) in [5.41, 5.74) is 0.903. The average Bonchev–Trinajstić information content (AvgIpc) is 3.17. The zero-order chi connectivity index (χ0) is 14.7. The van der Waals surface area contributed by atoms with E-state index in [9.17, 15) is 4.79 Å². The molecular weight excluding hydrogens is 270 g/mol. The van der Waals surface area contributed by atoms with Gasteiger partial charge in [0.15, 0.2) is 0 Å². The van der Waals surface area contributed by atoms with Crippen LogP contribution in [-0.2, 0) is 9.53 Å². The fourth-order valence-electron chi connectivity index (χ4n) is 2.60. The number of nitrogens with zero attached hydrogens (tertiary/aromatic N) is 3. The lowest BCUT2D eigenvalue weighted by molar-refractivity contribution is -0.136. The van der Waals surface area contributed by atoms with Crippen LogP contribution in [-0.4, -0.2) is 41.2 Å². The summed E-state index contributed by atoms with van der Waals surface area (Å²) in [5.74, 6) is 1.01. The van der Waals surface area contributed by atoms with E-state index in [4.69, 9.17) is 9.26 Å². The third kappa shape index (κ3) is 2.80. The Bertz CT molecular complexity index is 612. The van der Waals surface area contributed by atoms with Gasteiger partial charge in [-0.15, -0.1) is 0 Å². The molecule has 2 aromatic rings. The summed E-state index contributed by atoms with van der Waals surface area (Å²) >= 11 is 0. The lowest BCUT2D eigenvalue weighted by atomic mass is 10.2. The number of amides is 1. The molecular formula is C15H17N3O3. The topological polar surface area (TPSA) is 68.5 Å². The molecule has 1 fully saturated rings. The predicted octanol–water partition coefficient (Wildman–Crippen LogP) is 2.05. The van der Waals surface area contributed by atoms with Gasteiger partial charge in [-0.2, -0.15) is 4.98 Å². The standard InChI is InChI=1S/C15H17N3O3/c1-20-10-13(19)18-9-5-8-12(18)15-16-14(17-21-15)11-6-3-2-4-7-11/h2-4,6-7,12H,5,8-10H2,1H3. The van der Waals surface area contributed by atoms with Gasteiger partial charge < -0.3 is 14.2 Å². The Hall–Kier alpha value is -2.21. The van der Waals surface area contributed by atoms with Gasteiger partial charge >= 0.3 is 0 Å². The van der Waals surface area contributed by atoms with Crippen LogP contribution in [0.25, 0.3) is 11.4 Å². The number of carbonyl (C=O) groups is 1. The molecule has 1 amide bonds. The number of hydrogen-bond acceptors (Lipinski definition) is 5. The van der Waals surface area contributed by atoms with Gasteiger partial charge in [-0.1, -0.05) is 35.5 Å². The molecule has 110 valence electrons. The first-order chi connectivity index (χ1) is 10.3. The second kappa shape index (κ2) is 6.05. The summed E-state index contributed by atoms with van der Waals surface area (Å²) in [6.07, 6.45) is 1.77.